The van der Waals surface area contributed by atoms with Crippen molar-refractivity contribution in [1.29, 1.82) is 0 Å². The van der Waals surface area contributed by atoms with Crippen molar-refractivity contribution in [1.82, 2.24) is 4.90 Å². The number of likely N-dealkylation sites (N-methyl/N-ethyl adjacent to an activating group) is 1. The summed E-state index contributed by atoms with van der Waals surface area (Å²) in [5, 5.41) is 0. The lowest BCUT2D eigenvalue weighted by molar-refractivity contribution is 0.247. The Hall–Kier alpha value is -1.02. The van der Waals surface area contributed by atoms with Gasteiger partial charge in [0.2, 0.25) is 0 Å². The highest BCUT2D eigenvalue weighted by atomic mass is 16.5. The molecular weight excluding hydrogens is 198 g/mol. The third-order valence-electron chi connectivity index (χ3n) is 3.77. The summed E-state index contributed by atoms with van der Waals surface area (Å²) in [6.07, 6.45) is 2.17. The Kier molecular flexibility index (Phi) is 3.20. The molecule has 2 nitrogen and oxygen atoms in total. The molecule has 0 bridgehead atoms. The van der Waals surface area contributed by atoms with E-state index >= 15 is 0 Å². The van der Waals surface area contributed by atoms with Crippen LogP contribution in [-0.2, 0) is 12.8 Å². The number of benzene rings is 1. The predicted octanol–water partition coefficient (Wildman–Crippen LogP) is 2.81. The standard InChI is InChI=1S/C14H21NO/c1-5-11-8-13-10(2)15(3)7-6-12(13)9-14(11)16-4/h8-10H,5-7H2,1-4H3/t10-/m0/s1. The van der Waals surface area contributed by atoms with Crippen LogP contribution in [0, 0.1) is 0 Å². The van der Waals surface area contributed by atoms with E-state index in [0.717, 1.165) is 25.1 Å². The van der Waals surface area contributed by atoms with Gasteiger partial charge in [0.25, 0.3) is 0 Å². The minimum absolute atomic E-state index is 0.528. The first-order valence-corrected chi connectivity index (χ1v) is 6.07. The minimum atomic E-state index is 0.528. The summed E-state index contributed by atoms with van der Waals surface area (Å²) in [7, 11) is 3.96. The molecule has 0 unspecified atom stereocenters. The summed E-state index contributed by atoms with van der Waals surface area (Å²) < 4.78 is 5.45. The van der Waals surface area contributed by atoms with E-state index in [4.69, 9.17) is 4.74 Å². The fourth-order valence-electron chi connectivity index (χ4n) is 2.49. The first-order valence-electron chi connectivity index (χ1n) is 6.07. The van der Waals surface area contributed by atoms with Gasteiger partial charge in [-0.3, -0.25) is 4.90 Å². The zero-order chi connectivity index (χ0) is 11.7. The van der Waals surface area contributed by atoms with Crippen molar-refractivity contribution < 1.29 is 4.74 Å². The van der Waals surface area contributed by atoms with Crippen molar-refractivity contribution in [2.24, 2.45) is 0 Å². The quantitative estimate of drug-likeness (QED) is 0.758. The van der Waals surface area contributed by atoms with Gasteiger partial charge in [-0.25, -0.2) is 0 Å². The number of hydrogen-bond donors (Lipinski definition) is 0. The molecule has 0 amide bonds. The van der Waals surface area contributed by atoms with Gasteiger partial charge in [-0.1, -0.05) is 13.0 Å². The van der Waals surface area contributed by atoms with Gasteiger partial charge in [-0.05, 0) is 49.6 Å². The van der Waals surface area contributed by atoms with Crippen LogP contribution < -0.4 is 4.74 Å². The molecule has 1 aliphatic heterocycles. The van der Waals surface area contributed by atoms with E-state index in [1.165, 1.54) is 16.7 Å². The number of ether oxygens (including phenoxy) is 1. The second-order valence-electron chi connectivity index (χ2n) is 4.62. The van der Waals surface area contributed by atoms with Gasteiger partial charge in [-0.15, -0.1) is 0 Å². The Balaban J connectivity index is 2.48. The van der Waals surface area contributed by atoms with Crippen LogP contribution in [0.1, 0.15) is 36.6 Å². The Bertz CT molecular complexity index is 387. The summed E-state index contributed by atoms with van der Waals surface area (Å²) >= 11 is 0. The summed E-state index contributed by atoms with van der Waals surface area (Å²) in [5.41, 5.74) is 4.26. The summed E-state index contributed by atoms with van der Waals surface area (Å²) in [5.74, 6) is 1.05. The van der Waals surface area contributed by atoms with Gasteiger partial charge in [0.1, 0.15) is 5.75 Å². The van der Waals surface area contributed by atoms with Crippen LogP contribution in [0.15, 0.2) is 12.1 Å². The molecule has 0 spiro atoms. The molecule has 0 radical (unpaired) electrons. The SMILES string of the molecule is CCc1cc2c(cc1OC)CCN(C)[C@H]2C. The lowest BCUT2D eigenvalue weighted by Gasteiger charge is -2.32. The lowest BCUT2D eigenvalue weighted by Crippen LogP contribution is -2.30. The number of methoxy groups -OCH3 is 1. The van der Waals surface area contributed by atoms with Crippen molar-refractivity contribution in [3.63, 3.8) is 0 Å². The van der Waals surface area contributed by atoms with Crippen molar-refractivity contribution in [3.05, 3.63) is 28.8 Å². The molecule has 1 heterocycles. The van der Waals surface area contributed by atoms with Crippen LogP contribution in [0.3, 0.4) is 0 Å². The highest BCUT2D eigenvalue weighted by molar-refractivity contribution is 5.45. The van der Waals surface area contributed by atoms with Crippen LogP contribution in [-0.4, -0.2) is 25.6 Å². The molecule has 0 aliphatic carbocycles. The first kappa shape index (κ1) is 11.5. The van der Waals surface area contributed by atoms with Crippen LogP contribution >= 0.6 is 0 Å². The normalized spacial score (nSPS) is 20.6. The molecule has 1 atom stereocenters. The summed E-state index contributed by atoms with van der Waals surface area (Å²) in [6.45, 7) is 5.61. The molecule has 0 aromatic heterocycles. The maximum Gasteiger partial charge on any atom is 0.122 e. The highest BCUT2D eigenvalue weighted by Crippen LogP contribution is 2.33. The molecule has 0 N–H and O–H groups in total. The number of fused-ring (bicyclic) bond motifs is 1. The summed E-state index contributed by atoms with van der Waals surface area (Å²) in [4.78, 5) is 2.41. The predicted molar refractivity (Wildman–Crippen MR) is 67.1 cm³/mol. The highest BCUT2D eigenvalue weighted by Gasteiger charge is 2.22. The Labute approximate surface area is 98.2 Å². The summed E-state index contributed by atoms with van der Waals surface area (Å²) in [6, 6.07) is 5.09. The number of hydrogen-bond acceptors (Lipinski definition) is 2. The van der Waals surface area contributed by atoms with Gasteiger partial charge in [0.15, 0.2) is 0 Å². The maximum absolute atomic E-state index is 5.45. The van der Waals surface area contributed by atoms with E-state index in [1.807, 2.05) is 0 Å². The van der Waals surface area contributed by atoms with Crippen LogP contribution in [0.25, 0.3) is 0 Å². The Morgan fingerprint density at radius 2 is 2.19 bits per heavy atom. The van der Waals surface area contributed by atoms with E-state index in [1.54, 1.807) is 7.11 Å². The zero-order valence-electron chi connectivity index (χ0n) is 10.7. The van der Waals surface area contributed by atoms with Gasteiger partial charge in [-0.2, -0.15) is 0 Å². The van der Waals surface area contributed by atoms with Crippen LogP contribution in [0.2, 0.25) is 0 Å². The van der Waals surface area contributed by atoms with E-state index in [-0.39, 0.29) is 0 Å². The van der Waals surface area contributed by atoms with Gasteiger partial charge < -0.3 is 4.74 Å². The molecular formula is C14H21NO. The van der Waals surface area contributed by atoms with Crippen LogP contribution in [0.4, 0.5) is 0 Å². The van der Waals surface area contributed by atoms with Gasteiger partial charge >= 0.3 is 0 Å². The fraction of sp³-hybridized carbons (Fsp3) is 0.571. The monoisotopic (exact) mass is 219 g/mol. The van der Waals surface area contributed by atoms with Crippen LogP contribution in [0.5, 0.6) is 5.75 Å². The topological polar surface area (TPSA) is 12.5 Å². The molecule has 1 aromatic carbocycles. The average molecular weight is 219 g/mol. The molecule has 1 aromatic rings. The third-order valence-corrected chi connectivity index (χ3v) is 3.77. The van der Waals surface area contributed by atoms with Crippen molar-refractivity contribution in [2.75, 3.05) is 20.7 Å². The first-order chi connectivity index (χ1) is 7.67. The zero-order valence-corrected chi connectivity index (χ0v) is 10.7. The second-order valence-corrected chi connectivity index (χ2v) is 4.62. The van der Waals surface area contributed by atoms with Gasteiger partial charge in [0.05, 0.1) is 7.11 Å². The van der Waals surface area contributed by atoms with E-state index in [9.17, 15) is 0 Å². The second kappa shape index (κ2) is 4.46. The van der Waals surface area contributed by atoms with E-state index < -0.39 is 0 Å². The molecule has 88 valence electrons. The Morgan fingerprint density at radius 3 is 2.81 bits per heavy atom. The molecule has 2 rings (SSSR count). The third kappa shape index (κ3) is 1.82. The number of rotatable bonds is 2. The number of nitrogens with zero attached hydrogens (tertiary/aromatic N) is 1. The molecule has 2 heteroatoms. The van der Waals surface area contributed by atoms with E-state index in [0.29, 0.717) is 6.04 Å². The van der Waals surface area contributed by atoms with Gasteiger partial charge in [0, 0.05) is 12.6 Å². The molecule has 16 heavy (non-hydrogen) atoms. The van der Waals surface area contributed by atoms with Crippen molar-refractivity contribution in [2.45, 2.75) is 32.7 Å². The average Bonchev–Trinajstić information content (AvgIpc) is 2.32. The van der Waals surface area contributed by atoms with Crippen molar-refractivity contribution in [3.8, 4) is 5.75 Å². The smallest absolute Gasteiger partial charge is 0.122 e. The van der Waals surface area contributed by atoms with Crippen molar-refractivity contribution >= 4 is 0 Å². The molecule has 1 aliphatic rings. The Morgan fingerprint density at radius 1 is 1.44 bits per heavy atom. The number of aryl methyl sites for hydroxylation is 1. The minimum Gasteiger partial charge on any atom is -0.496 e. The molecule has 0 saturated heterocycles. The molecule has 0 fully saturated rings. The largest absolute Gasteiger partial charge is 0.496 e. The lowest BCUT2D eigenvalue weighted by atomic mass is 9.91. The maximum atomic E-state index is 5.45. The van der Waals surface area contributed by atoms with E-state index in [2.05, 4.69) is 37.9 Å². The fourth-order valence-corrected chi connectivity index (χ4v) is 2.49. The molecule has 0 saturated carbocycles.